The average Bonchev–Trinajstić information content (AvgIpc) is 2.93. The van der Waals surface area contributed by atoms with Crippen LogP contribution in [0.15, 0.2) is 6.07 Å². The predicted octanol–water partition coefficient (Wildman–Crippen LogP) is -0.146. The Kier molecular flexibility index (Phi) is 4.21. The Labute approximate surface area is 113 Å². The van der Waals surface area contributed by atoms with Crippen molar-refractivity contribution in [1.29, 1.82) is 0 Å². The summed E-state index contributed by atoms with van der Waals surface area (Å²) in [6.45, 7) is 5.91. The minimum absolute atomic E-state index is 0.0850. The first kappa shape index (κ1) is 14.0. The van der Waals surface area contributed by atoms with E-state index in [0.29, 0.717) is 24.7 Å². The molecule has 0 radical (unpaired) electrons. The fraction of sp³-hybridized carbons (Fsp3) is 0.692. The molecule has 106 valence electrons. The summed E-state index contributed by atoms with van der Waals surface area (Å²) < 4.78 is 1.61. The molecule has 1 amide bonds. The zero-order chi connectivity index (χ0) is 14.0. The molecule has 1 fully saturated rings. The molecule has 0 spiro atoms. The molecule has 0 saturated carbocycles. The molecule has 6 heteroatoms. The zero-order valence-electron chi connectivity index (χ0n) is 11.7. The number of amides is 1. The summed E-state index contributed by atoms with van der Waals surface area (Å²) in [5, 5.41) is 20.0. The van der Waals surface area contributed by atoms with Crippen LogP contribution in [0.3, 0.4) is 0 Å². The number of aromatic nitrogens is 2. The van der Waals surface area contributed by atoms with Gasteiger partial charge in [-0.2, -0.15) is 5.10 Å². The molecule has 1 aliphatic rings. The highest BCUT2D eigenvalue weighted by atomic mass is 16.3. The Hall–Kier alpha value is -1.40. The van der Waals surface area contributed by atoms with E-state index in [2.05, 4.69) is 15.7 Å². The van der Waals surface area contributed by atoms with Gasteiger partial charge in [0.2, 0.25) is 0 Å². The van der Waals surface area contributed by atoms with Crippen molar-refractivity contribution in [2.45, 2.75) is 25.9 Å². The number of aryl methyl sites for hydroxylation is 1. The average molecular weight is 266 g/mol. The Morgan fingerprint density at radius 3 is 2.89 bits per heavy atom. The van der Waals surface area contributed by atoms with Crippen LogP contribution in [0.5, 0.6) is 0 Å². The van der Waals surface area contributed by atoms with Crippen molar-refractivity contribution in [3.63, 3.8) is 0 Å². The third-order valence-corrected chi connectivity index (χ3v) is 3.55. The number of hydrogen-bond acceptors (Lipinski definition) is 4. The number of carbonyl (C=O) groups is 1. The van der Waals surface area contributed by atoms with Crippen LogP contribution in [0, 0.1) is 5.92 Å². The van der Waals surface area contributed by atoms with Gasteiger partial charge in [-0.1, -0.05) is 13.8 Å². The lowest BCUT2D eigenvalue weighted by Gasteiger charge is -2.13. The van der Waals surface area contributed by atoms with E-state index in [1.54, 1.807) is 11.7 Å². The van der Waals surface area contributed by atoms with Gasteiger partial charge in [-0.15, -0.1) is 0 Å². The van der Waals surface area contributed by atoms with Crippen molar-refractivity contribution in [2.75, 3.05) is 19.6 Å². The first-order valence-corrected chi connectivity index (χ1v) is 6.70. The van der Waals surface area contributed by atoms with Gasteiger partial charge >= 0.3 is 0 Å². The maximum absolute atomic E-state index is 12.1. The van der Waals surface area contributed by atoms with Crippen LogP contribution in [0.25, 0.3) is 0 Å². The molecule has 2 rings (SSSR count). The van der Waals surface area contributed by atoms with Crippen LogP contribution < -0.4 is 10.6 Å². The first-order valence-electron chi connectivity index (χ1n) is 6.70. The van der Waals surface area contributed by atoms with E-state index in [1.165, 1.54) is 0 Å². The fourth-order valence-electron chi connectivity index (χ4n) is 2.23. The maximum atomic E-state index is 12.1. The topological polar surface area (TPSA) is 79.2 Å². The molecule has 2 atom stereocenters. The number of hydrogen-bond donors (Lipinski definition) is 3. The van der Waals surface area contributed by atoms with Gasteiger partial charge in [-0.25, -0.2) is 0 Å². The summed E-state index contributed by atoms with van der Waals surface area (Å²) in [5.74, 6) is 0.247. The minimum Gasteiger partial charge on any atom is -0.391 e. The molecule has 0 bridgehead atoms. The van der Waals surface area contributed by atoms with Crippen molar-refractivity contribution in [2.24, 2.45) is 13.0 Å². The van der Waals surface area contributed by atoms with Crippen LogP contribution in [0.4, 0.5) is 0 Å². The number of nitrogens with one attached hydrogen (secondary N) is 2. The molecule has 0 aliphatic carbocycles. The second kappa shape index (κ2) is 5.71. The van der Waals surface area contributed by atoms with Crippen LogP contribution in [-0.2, 0) is 7.05 Å². The van der Waals surface area contributed by atoms with E-state index < -0.39 is 0 Å². The highest BCUT2D eigenvalue weighted by molar-refractivity contribution is 5.92. The SMILES string of the molecule is CC(C)c1cc(C(=O)NCC2CNCC2O)n(C)n1. The van der Waals surface area contributed by atoms with Gasteiger partial charge in [-0.05, 0) is 12.0 Å². The van der Waals surface area contributed by atoms with Gasteiger partial charge < -0.3 is 15.7 Å². The summed E-state index contributed by atoms with van der Waals surface area (Å²) in [6, 6.07) is 1.82. The lowest BCUT2D eigenvalue weighted by atomic mass is 10.1. The van der Waals surface area contributed by atoms with Crippen LogP contribution in [0.1, 0.15) is 35.9 Å². The number of rotatable bonds is 4. The third-order valence-electron chi connectivity index (χ3n) is 3.55. The summed E-state index contributed by atoms with van der Waals surface area (Å²) in [5.41, 5.74) is 1.47. The molecule has 6 nitrogen and oxygen atoms in total. The highest BCUT2D eigenvalue weighted by Gasteiger charge is 2.25. The van der Waals surface area contributed by atoms with Crippen LogP contribution in [-0.4, -0.2) is 46.5 Å². The second-order valence-corrected chi connectivity index (χ2v) is 5.43. The molecule has 1 saturated heterocycles. The third kappa shape index (κ3) is 3.13. The van der Waals surface area contributed by atoms with Gasteiger partial charge in [-0.3, -0.25) is 9.48 Å². The van der Waals surface area contributed by atoms with E-state index >= 15 is 0 Å². The molecule has 2 unspecified atom stereocenters. The first-order chi connectivity index (χ1) is 8.99. The van der Waals surface area contributed by atoms with Gasteiger partial charge in [0, 0.05) is 32.6 Å². The summed E-state index contributed by atoms with van der Waals surface area (Å²) in [7, 11) is 1.77. The number of aliphatic hydroxyl groups is 1. The quantitative estimate of drug-likeness (QED) is 0.708. The van der Waals surface area contributed by atoms with E-state index in [1.807, 2.05) is 19.9 Å². The summed E-state index contributed by atoms with van der Waals surface area (Å²) >= 11 is 0. The smallest absolute Gasteiger partial charge is 0.269 e. The van der Waals surface area contributed by atoms with Crippen molar-refractivity contribution < 1.29 is 9.90 Å². The molecule has 2 heterocycles. The van der Waals surface area contributed by atoms with Gasteiger partial charge in [0.25, 0.3) is 5.91 Å². The normalized spacial score (nSPS) is 23.0. The van der Waals surface area contributed by atoms with E-state index in [0.717, 1.165) is 12.2 Å². The molecular weight excluding hydrogens is 244 g/mol. The van der Waals surface area contributed by atoms with Gasteiger partial charge in [0.15, 0.2) is 0 Å². The van der Waals surface area contributed by atoms with E-state index in [4.69, 9.17) is 0 Å². The lowest BCUT2D eigenvalue weighted by Crippen LogP contribution is -2.35. The van der Waals surface area contributed by atoms with Crippen LogP contribution >= 0.6 is 0 Å². The highest BCUT2D eigenvalue weighted by Crippen LogP contribution is 2.14. The largest absolute Gasteiger partial charge is 0.391 e. The van der Waals surface area contributed by atoms with E-state index in [-0.39, 0.29) is 17.9 Å². The zero-order valence-corrected chi connectivity index (χ0v) is 11.7. The van der Waals surface area contributed by atoms with E-state index in [9.17, 15) is 9.90 Å². The molecule has 19 heavy (non-hydrogen) atoms. The number of nitrogens with zero attached hydrogens (tertiary/aromatic N) is 2. The fourth-order valence-corrected chi connectivity index (χ4v) is 2.23. The standard InChI is InChI=1S/C13H22N4O2/c1-8(2)10-4-11(17(3)16-10)13(19)15-6-9-5-14-7-12(9)18/h4,8-9,12,14,18H,5-7H2,1-3H3,(H,15,19). The Bertz CT molecular complexity index is 455. The summed E-state index contributed by atoms with van der Waals surface area (Å²) in [4.78, 5) is 12.1. The Morgan fingerprint density at radius 2 is 2.37 bits per heavy atom. The van der Waals surface area contributed by atoms with Crippen molar-refractivity contribution in [3.05, 3.63) is 17.5 Å². The Morgan fingerprint density at radius 1 is 1.63 bits per heavy atom. The lowest BCUT2D eigenvalue weighted by molar-refractivity contribution is 0.0918. The second-order valence-electron chi connectivity index (χ2n) is 5.43. The number of carbonyl (C=O) groups excluding carboxylic acids is 1. The molecule has 1 aliphatic heterocycles. The van der Waals surface area contributed by atoms with Crippen molar-refractivity contribution in [3.8, 4) is 0 Å². The van der Waals surface area contributed by atoms with Crippen LogP contribution in [0.2, 0.25) is 0 Å². The molecule has 1 aromatic rings. The Balaban J connectivity index is 1.96. The van der Waals surface area contributed by atoms with Gasteiger partial charge in [0.1, 0.15) is 5.69 Å². The minimum atomic E-state index is -0.377. The number of β-amino-alcohol motifs (C(OH)–C–C–N with tert-alkyl or cyclic N) is 1. The molecule has 1 aromatic heterocycles. The number of aliphatic hydroxyl groups excluding tert-OH is 1. The molecule has 0 aromatic carbocycles. The molecule has 3 N–H and O–H groups in total. The monoisotopic (exact) mass is 266 g/mol. The summed E-state index contributed by atoms with van der Waals surface area (Å²) in [6.07, 6.45) is -0.377. The molecular formula is C13H22N4O2. The van der Waals surface area contributed by atoms with Crippen molar-refractivity contribution >= 4 is 5.91 Å². The van der Waals surface area contributed by atoms with Gasteiger partial charge in [0.05, 0.1) is 11.8 Å². The van der Waals surface area contributed by atoms with Crippen molar-refractivity contribution in [1.82, 2.24) is 20.4 Å². The maximum Gasteiger partial charge on any atom is 0.269 e. The predicted molar refractivity (Wildman–Crippen MR) is 72.0 cm³/mol.